The third kappa shape index (κ3) is 6.35. The smallest absolute Gasteiger partial charge is 0.336 e. The molecule has 0 fully saturated rings. The molecule has 3 rings (SSSR count). The molecule has 3 aromatic rings. The molecule has 0 radical (unpaired) electrons. The number of benzene rings is 3. The van der Waals surface area contributed by atoms with Crippen LogP contribution >= 0.6 is 11.6 Å². The molecule has 0 aliphatic carbocycles. The maximum atomic E-state index is 12.2. The summed E-state index contributed by atoms with van der Waals surface area (Å²) in [5.74, 6) is -1.14. The van der Waals surface area contributed by atoms with Crippen LogP contribution < -0.4 is 10.2 Å². The number of nitrogens with zero attached hydrogens (tertiary/aromatic N) is 2. The molecule has 9 heteroatoms. The van der Waals surface area contributed by atoms with Crippen molar-refractivity contribution in [2.75, 3.05) is 0 Å². The van der Waals surface area contributed by atoms with Crippen LogP contribution in [0, 0.1) is 10.1 Å². The van der Waals surface area contributed by atoms with Crippen LogP contribution in [0.2, 0.25) is 5.02 Å². The van der Waals surface area contributed by atoms with E-state index in [2.05, 4.69) is 10.5 Å². The number of nitrogens with one attached hydrogen (secondary N) is 1. The first-order valence-electron chi connectivity index (χ1n) is 9.25. The van der Waals surface area contributed by atoms with Crippen LogP contribution in [0.25, 0.3) is 6.08 Å². The minimum absolute atomic E-state index is 0.0443. The number of carbonyl (C=O) groups excluding carboxylic acids is 2. The Morgan fingerprint density at radius 3 is 2.44 bits per heavy atom. The Morgan fingerprint density at radius 2 is 1.75 bits per heavy atom. The van der Waals surface area contributed by atoms with Gasteiger partial charge in [-0.05, 0) is 42.0 Å². The number of ether oxygens (including phenoxy) is 1. The number of amides is 1. The lowest BCUT2D eigenvalue weighted by Gasteiger charge is -2.06. The lowest BCUT2D eigenvalue weighted by molar-refractivity contribution is -0.384. The minimum atomic E-state index is -0.678. The molecule has 8 nitrogen and oxygen atoms in total. The van der Waals surface area contributed by atoms with Crippen LogP contribution in [-0.4, -0.2) is 23.0 Å². The van der Waals surface area contributed by atoms with E-state index in [1.54, 1.807) is 18.2 Å². The summed E-state index contributed by atoms with van der Waals surface area (Å²) in [6.07, 6.45) is 3.97. The number of hydrazone groups is 1. The second-order valence-electron chi connectivity index (χ2n) is 6.35. The molecular weight excluding hydrogens is 434 g/mol. The third-order valence-corrected chi connectivity index (χ3v) is 4.35. The van der Waals surface area contributed by atoms with Crippen molar-refractivity contribution in [1.29, 1.82) is 0 Å². The van der Waals surface area contributed by atoms with Crippen molar-refractivity contribution in [3.8, 4) is 5.75 Å². The zero-order valence-electron chi connectivity index (χ0n) is 16.5. The number of non-ortho nitro benzene ring substituents is 1. The summed E-state index contributed by atoms with van der Waals surface area (Å²) in [5, 5.41) is 15.4. The van der Waals surface area contributed by atoms with Crippen molar-refractivity contribution in [3.05, 3.63) is 111 Å². The van der Waals surface area contributed by atoms with E-state index in [0.29, 0.717) is 10.6 Å². The van der Waals surface area contributed by atoms with Crippen LogP contribution in [0.3, 0.4) is 0 Å². The quantitative estimate of drug-likeness (QED) is 0.141. The van der Waals surface area contributed by atoms with Gasteiger partial charge in [-0.3, -0.25) is 14.9 Å². The fourth-order valence-corrected chi connectivity index (χ4v) is 2.67. The molecule has 0 atom stereocenters. The first-order valence-corrected chi connectivity index (χ1v) is 9.62. The average molecular weight is 450 g/mol. The van der Waals surface area contributed by atoms with E-state index < -0.39 is 16.8 Å². The number of esters is 1. The highest BCUT2D eigenvalue weighted by molar-refractivity contribution is 6.30. The van der Waals surface area contributed by atoms with Crippen molar-refractivity contribution in [2.45, 2.75) is 0 Å². The van der Waals surface area contributed by atoms with E-state index >= 15 is 0 Å². The number of hydrogen-bond acceptors (Lipinski definition) is 6. The fourth-order valence-electron chi connectivity index (χ4n) is 2.54. The van der Waals surface area contributed by atoms with Gasteiger partial charge in [-0.15, -0.1) is 0 Å². The van der Waals surface area contributed by atoms with E-state index in [1.807, 2.05) is 30.3 Å². The normalized spacial score (nSPS) is 10.9. The van der Waals surface area contributed by atoms with Gasteiger partial charge in [0.1, 0.15) is 5.75 Å². The predicted octanol–water partition coefficient (Wildman–Crippen LogP) is 4.63. The van der Waals surface area contributed by atoms with E-state index in [0.717, 1.165) is 11.8 Å². The van der Waals surface area contributed by atoms with Crippen LogP contribution in [0.4, 0.5) is 5.69 Å². The summed E-state index contributed by atoms with van der Waals surface area (Å²) in [4.78, 5) is 34.8. The molecule has 0 saturated heterocycles. The molecule has 1 N–H and O–H groups in total. The first kappa shape index (κ1) is 22.4. The number of nitro groups is 1. The Labute approximate surface area is 187 Å². The molecule has 3 aromatic carbocycles. The highest BCUT2D eigenvalue weighted by Crippen LogP contribution is 2.23. The Morgan fingerprint density at radius 1 is 1.03 bits per heavy atom. The zero-order chi connectivity index (χ0) is 22.9. The summed E-state index contributed by atoms with van der Waals surface area (Å²) in [7, 11) is 0. The SMILES string of the molecule is O=C(/C=C/c1ccccc1)Oc1ccc([N+](=O)[O-])cc1/C=N/NC(=O)c1ccc(Cl)cc1. The summed E-state index contributed by atoms with van der Waals surface area (Å²) in [6.45, 7) is 0. The van der Waals surface area contributed by atoms with Gasteiger partial charge in [0.15, 0.2) is 0 Å². The molecule has 1 amide bonds. The van der Waals surface area contributed by atoms with E-state index in [9.17, 15) is 19.7 Å². The summed E-state index contributed by atoms with van der Waals surface area (Å²) in [5.41, 5.74) is 3.34. The minimum Gasteiger partial charge on any atom is -0.423 e. The van der Waals surface area contributed by atoms with Gasteiger partial charge >= 0.3 is 5.97 Å². The van der Waals surface area contributed by atoms with Crippen LogP contribution in [-0.2, 0) is 4.79 Å². The van der Waals surface area contributed by atoms with Crippen LogP contribution in [0.1, 0.15) is 21.5 Å². The molecule has 0 heterocycles. The van der Waals surface area contributed by atoms with Gasteiger partial charge in [0.05, 0.1) is 11.1 Å². The van der Waals surface area contributed by atoms with E-state index in [4.69, 9.17) is 16.3 Å². The highest BCUT2D eigenvalue weighted by atomic mass is 35.5. The molecule has 0 aliphatic heterocycles. The molecule has 0 aliphatic rings. The topological polar surface area (TPSA) is 111 Å². The summed E-state index contributed by atoms with van der Waals surface area (Å²) < 4.78 is 5.29. The zero-order valence-corrected chi connectivity index (χ0v) is 17.2. The molecule has 0 unspecified atom stereocenters. The molecule has 160 valence electrons. The van der Waals surface area contributed by atoms with Crippen molar-refractivity contribution < 1.29 is 19.2 Å². The van der Waals surface area contributed by atoms with E-state index in [-0.39, 0.29) is 17.0 Å². The maximum Gasteiger partial charge on any atom is 0.336 e. The highest BCUT2D eigenvalue weighted by Gasteiger charge is 2.13. The molecule has 32 heavy (non-hydrogen) atoms. The van der Waals surface area contributed by atoms with E-state index in [1.165, 1.54) is 36.4 Å². The van der Waals surface area contributed by atoms with Crippen molar-refractivity contribution >= 4 is 41.5 Å². The molecule has 0 bridgehead atoms. The van der Waals surface area contributed by atoms with Gasteiger partial charge in [-0.2, -0.15) is 5.10 Å². The molecule has 0 spiro atoms. The first-order chi connectivity index (χ1) is 15.4. The Kier molecular flexibility index (Phi) is 7.45. The second-order valence-corrected chi connectivity index (χ2v) is 6.79. The average Bonchev–Trinajstić information content (AvgIpc) is 2.79. The van der Waals surface area contributed by atoms with Crippen molar-refractivity contribution in [1.82, 2.24) is 5.43 Å². The third-order valence-electron chi connectivity index (χ3n) is 4.10. The number of halogens is 1. The standard InChI is InChI=1S/C23H16ClN3O5/c24-19-9-7-17(8-10-19)23(29)26-25-15-18-14-20(27(30)31)11-12-21(18)32-22(28)13-6-16-4-2-1-3-5-16/h1-15H,(H,26,29)/b13-6+,25-15+. The lowest BCUT2D eigenvalue weighted by Crippen LogP contribution is -2.17. The van der Waals surface area contributed by atoms with Gasteiger partial charge in [0.2, 0.25) is 0 Å². The predicted molar refractivity (Wildman–Crippen MR) is 121 cm³/mol. The lowest BCUT2D eigenvalue weighted by atomic mass is 10.2. The summed E-state index contributed by atoms with van der Waals surface area (Å²) >= 11 is 5.79. The number of carbonyl (C=O) groups is 2. The van der Waals surface area contributed by atoms with Crippen molar-refractivity contribution in [2.24, 2.45) is 5.10 Å². The molecule has 0 aromatic heterocycles. The van der Waals surface area contributed by atoms with Gasteiger partial charge < -0.3 is 4.74 Å². The number of rotatable bonds is 7. The Bertz CT molecular complexity index is 1190. The number of hydrogen-bond donors (Lipinski definition) is 1. The van der Waals surface area contributed by atoms with Gasteiger partial charge in [0, 0.05) is 34.4 Å². The van der Waals surface area contributed by atoms with Gasteiger partial charge in [-0.1, -0.05) is 41.9 Å². The maximum absolute atomic E-state index is 12.2. The Hall–Kier alpha value is -4.30. The van der Waals surface area contributed by atoms with Crippen LogP contribution in [0.5, 0.6) is 5.75 Å². The second kappa shape index (κ2) is 10.6. The molecular formula is C23H16ClN3O5. The molecule has 0 saturated carbocycles. The summed E-state index contributed by atoms with van der Waals surface area (Å²) in [6, 6.07) is 19.0. The number of nitro benzene ring substituents is 1. The fraction of sp³-hybridized carbons (Fsp3) is 0. The van der Waals surface area contributed by atoms with Gasteiger partial charge in [0.25, 0.3) is 11.6 Å². The van der Waals surface area contributed by atoms with Crippen LogP contribution in [0.15, 0.2) is 84.0 Å². The monoisotopic (exact) mass is 449 g/mol. The Balaban J connectivity index is 1.75. The van der Waals surface area contributed by atoms with Gasteiger partial charge in [-0.25, -0.2) is 10.2 Å². The van der Waals surface area contributed by atoms with Crippen molar-refractivity contribution in [3.63, 3.8) is 0 Å². The largest absolute Gasteiger partial charge is 0.423 e.